The minimum Gasteiger partial charge on any atom is -0.469 e. The van der Waals surface area contributed by atoms with Crippen molar-refractivity contribution < 1.29 is 9.53 Å². The van der Waals surface area contributed by atoms with Gasteiger partial charge in [-0.3, -0.25) is 4.79 Å². The number of aryl methyl sites for hydroxylation is 1. The van der Waals surface area contributed by atoms with Crippen molar-refractivity contribution in [1.29, 1.82) is 0 Å². The van der Waals surface area contributed by atoms with Gasteiger partial charge in [-0.15, -0.1) is 0 Å². The first kappa shape index (κ1) is 13.3. The molecule has 1 aliphatic rings. The van der Waals surface area contributed by atoms with Gasteiger partial charge in [-0.1, -0.05) is 0 Å². The first-order chi connectivity index (χ1) is 8.61. The summed E-state index contributed by atoms with van der Waals surface area (Å²) in [6, 6.07) is 3.98. The normalized spacial score (nSPS) is 19.7. The molecule has 2 heterocycles. The fraction of sp³-hybridized carbons (Fsp3) is 0.538. The van der Waals surface area contributed by atoms with Crippen molar-refractivity contribution in [2.45, 2.75) is 19.8 Å². The average molecular weight is 313 g/mol. The van der Waals surface area contributed by atoms with Gasteiger partial charge in [-0.25, -0.2) is 4.98 Å². The van der Waals surface area contributed by atoms with Gasteiger partial charge in [0.25, 0.3) is 0 Å². The first-order valence-electron chi connectivity index (χ1n) is 6.07. The third-order valence-electron chi connectivity index (χ3n) is 3.29. The van der Waals surface area contributed by atoms with Crippen LogP contribution in [0.4, 0.5) is 5.82 Å². The van der Waals surface area contributed by atoms with E-state index in [9.17, 15) is 4.79 Å². The molecule has 0 N–H and O–H groups in total. The second-order valence-electron chi connectivity index (χ2n) is 4.55. The maximum absolute atomic E-state index is 11.6. The Hall–Kier alpha value is -1.10. The summed E-state index contributed by atoms with van der Waals surface area (Å²) in [5.41, 5.74) is 0.965. The van der Waals surface area contributed by atoms with Crippen molar-refractivity contribution in [2.24, 2.45) is 5.92 Å². The van der Waals surface area contributed by atoms with Gasteiger partial charge in [0.2, 0.25) is 0 Å². The second kappa shape index (κ2) is 5.69. The molecular weight excluding hydrogens is 296 g/mol. The molecule has 0 bridgehead atoms. The highest BCUT2D eigenvalue weighted by Crippen LogP contribution is 2.24. The van der Waals surface area contributed by atoms with Gasteiger partial charge in [0.05, 0.1) is 18.7 Å². The number of esters is 1. The van der Waals surface area contributed by atoms with Gasteiger partial charge >= 0.3 is 5.97 Å². The van der Waals surface area contributed by atoms with Gasteiger partial charge in [0.15, 0.2) is 0 Å². The Morgan fingerprint density at radius 1 is 1.56 bits per heavy atom. The maximum Gasteiger partial charge on any atom is 0.310 e. The van der Waals surface area contributed by atoms with Gasteiger partial charge in [0, 0.05) is 17.6 Å². The monoisotopic (exact) mass is 312 g/mol. The van der Waals surface area contributed by atoms with E-state index in [2.05, 4.69) is 25.8 Å². The Kier molecular flexibility index (Phi) is 4.22. The van der Waals surface area contributed by atoms with E-state index in [-0.39, 0.29) is 11.9 Å². The number of aromatic nitrogens is 1. The van der Waals surface area contributed by atoms with E-state index in [4.69, 9.17) is 4.74 Å². The standard InChI is InChI=1S/C13H17BrN2O2/c1-9-11(14)5-6-12(15-9)16-7-3-4-10(8-16)13(17)18-2/h5-6,10H,3-4,7-8H2,1-2H3. The number of piperidine rings is 1. The third-order valence-corrected chi connectivity index (χ3v) is 4.12. The predicted octanol–water partition coefficient (Wildman–Crippen LogP) is 2.54. The van der Waals surface area contributed by atoms with Crippen molar-refractivity contribution in [3.8, 4) is 0 Å². The van der Waals surface area contributed by atoms with Crippen LogP contribution in [0.25, 0.3) is 0 Å². The topological polar surface area (TPSA) is 42.4 Å². The number of hydrogen-bond donors (Lipinski definition) is 0. The van der Waals surface area contributed by atoms with Gasteiger partial charge < -0.3 is 9.64 Å². The summed E-state index contributed by atoms with van der Waals surface area (Å²) in [5.74, 6) is 0.785. The van der Waals surface area contributed by atoms with Crippen LogP contribution in [0.3, 0.4) is 0 Å². The number of anilines is 1. The summed E-state index contributed by atoms with van der Waals surface area (Å²) in [6.07, 6.45) is 1.90. The lowest BCUT2D eigenvalue weighted by Gasteiger charge is -2.32. The Morgan fingerprint density at radius 3 is 3.00 bits per heavy atom. The Balaban J connectivity index is 2.13. The Morgan fingerprint density at radius 2 is 2.33 bits per heavy atom. The molecule has 0 aromatic carbocycles. The molecule has 0 amide bonds. The number of methoxy groups -OCH3 is 1. The number of carbonyl (C=O) groups excluding carboxylic acids is 1. The quantitative estimate of drug-likeness (QED) is 0.787. The number of nitrogens with zero attached hydrogens (tertiary/aromatic N) is 2. The van der Waals surface area contributed by atoms with Gasteiger partial charge in [-0.05, 0) is 47.8 Å². The van der Waals surface area contributed by atoms with E-state index >= 15 is 0 Å². The predicted molar refractivity (Wildman–Crippen MR) is 73.6 cm³/mol. The van der Waals surface area contributed by atoms with E-state index in [1.165, 1.54) is 7.11 Å². The van der Waals surface area contributed by atoms with E-state index in [0.717, 1.165) is 35.4 Å². The zero-order valence-corrected chi connectivity index (χ0v) is 12.2. The summed E-state index contributed by atoms with van der Waals surface area (Å²) >= 11 is 3.44. The molecule has 1 aromatic heterocycles. The van der Waals surface area contributed by atoms with Crippen LogP contribution in [0.15, 0.2) is 16.6 Å². The minimum absolute atomic E-state index is 0.0329. The summed E-state index contributed by atoms with van der Waals surface area (Å²) in [7, 11) is 1.45. The molecule has 0 spiro atoms. The zero-order valence-electron chi connectivity index (χ0n) is 10.6. The summed E-state index contributed by atoms with van der Waals surface area (Å²) in [5, 5.41) is 0. The molecule has 1 fully saturated rings. The van der Waals surface area contributed by atoms with Crippen molar-refractivity contribution in [2.75, 3.05) is 25.1 Å². The molecule has 1 aromatic rings. The number of rotatable bonds is 2. The van der Waals surface area contributed by atoms with Crippen molar-refractivity contribution >= 4 is 27.7 Å². The van der Waals surface area contributed by atoms with Crippen molar-refractivity contribution in [3.05, 3.63) is 22.3 Å². The molecule has 1 saturated heterocycles. The average Bonchev–Trinajstić information content (AvgIpc) is 2.41. The molecule has 2 rings (SSSR count). The van der Waals surface area contributed by atoms with E-state index < -0.39 is 0 Å². The Labute approximate surface area is 115 Å². The van der Waals surface area contributed by atoms with Crippen LogP contribution in [0, 0.1) is 12.8 Å². The van der Waals surface area contributed by atoms with Crippen LogP contribution in [0.2, 0.25) is 0 Å². The van der Waals surface area contributed by atoms with Gasteiger partial charge in [0.1, 0.15) is 5.82 Å². The van der Waals surface area contributed by atoms with Crippen LogP contribution in [0.5, 0.6) is 0 Å². The maximum atomic E-state index is 11.6. The number of halogens is 1. The third kappa shape index (κ3) is 2.83. The lowest BCUT2D eigenvalue weighted by atomic mass is 9.98. The van der Waals surface area contributed by atoms with Crippen LogP contribution >= 0.6 is 15.9 Å². The summed E-state index contributed by atoms with van der Waals surface area (Å²) < 4.78 is 5.83. The zero-order chi connectivity index (χ0) is 13.1. The van der Waals surface area contributed by atoms with E-state index in [1.807, 2.05) is 19.1 Å². The lowest BCUT2D eigenvalue weighted by molar-refractivity contribution is -0.145. The molecule has 5 heteroatoms. The minimum atomic E-state index is -0.117. The highest BCUT2D eigenvalue weighted by atomic mass is 79.9. The van der Waals surface area contributed by atoms with E-state index in [0.29, 0.717) is 6.54 Å². The molecule has 0 radical (unpaired) electrons. The molecule has 18 heavy (non-hydrogen) atoms. The number of pyridine rings is 1. The summed E-state index contributed by atoms with van der Waals surface area (Å²) in [4.78, 5) is 18.3. The first-order valence-corrected chi connectivity index (χ1v) is 6.87. The molecule has 4 nitrogen and oxygen atoms in total. The number of carbonyl (C=O) groups is 1. The molecule has 98 valence electrons. The molecule has 1 atom stereocenters. The summed E-state index contributed by atoms with van der Waals surface area (Å²) in [6.45, 7) is 3.61. The van der Waals surface area contributed by atoms with Crippen molar-refractivity contribution in [1.82, 2.24) is 4.98 Å². The molecule has 1 unspecified atom stereocenters. The number of hydrogen-bond acceptors (Lipinski definition) is 4. The highest BCUT2D eigenvalue weighted by Gasteiger charge is 2.27. The second-order valence-corrected chi connectivity index (χ2v) is 5.40. The van der Waals surface area contributed by atoms with E-state index in [1.54, 1.807) is 0 Å². The van der Waals surface area contributed by atoms with Crippen LogP contribution in [0.1, 0.15) is 18.5 Å². The Bertz CT molecular complexity index is 451. The largest absolute Gasteiger partial charge is 0.469 e. The lowest BCUT2D eigenvalue weighted by Crippen LogP contribution is -2.39. The van der Waals surface area contributed by atoms with Crippen molar-refractivity contribution in [3.63, 3.8) is 0 Å². The molecular formula is C13H17BrN2O2. The fourth-order valence-corrected chi connectivity index (χ4v) is 2.47. The van der Waals surface area contributed by atoms with Crippen LogP contribution < -0.4 is 4.90 Å². The smallest absolute Gasteiger partial charge is 0.310 e. The molecule has 0 aliphatic carbocycles. The molecule has 0 saturated carbocycles. The SMILES string of the molecule is COC(=O)C1CCCN(c2ccc(Br)c(C)n2)C1. The number of ether oxygens (including phenoxy) is 1. The highest BCUT2D eigenvalue weighted by molar-refractivity contribution is 9.10. The molecule has 1 aliphatic heterocycles. The van der Waals surface area contributed by atoms with Crippen LogP contribution in [-0.2, 0) is 9.53 Å². The van der Waals surface area contributed by atoms with Gasteiger partial charge in [-0.2, -0.15) is 0 Å². The van der Waals surface area contributed by atoms with Crippen LogP contribution in [-0.4, -0.2) is 31.2 Å². The fourth-order valence-electron chi connectivity index (χ4n) is 2.25.